The predicted molar refractivity (Wildman–Crippen MR) is 93.5 cm³/mol. The fourth-order valence-electron chi connectivity index (χ4n) is 2.19. The molecule has 6 heteroatoms. The van der Waals surface area contributed by atoms with Crippen molar-refractivity contribution in [1.29, 1.82) is 0 Å². The Bertz CT molecular complexity index is 721. The van der Waals surface area contributed by atoms with E-state index in [4.69, 9.17) is 9.47 Å². The van der Waals surface area contributed by atoms with Gasteiger partial charge in [-0.05, 0) is 44.5 Å². The molecule has 0 saturated heterocycles. The number of rotatable bonds is 6. The molecule has 128 valence electrons. The summed E-state index contributed by atoms with van der Waals surface area (Å²) in [4.78, 5) is 26.1. The normalized spacial score (nSPS) is 11.7. The van der Waals surface area contributed by atoms with Gasteiger partial charge in [-0.3, -0.25) is 4.79 Å². The molecule has 0 aliphatic heterocycles. The third-order valence-electron chi connectivity index (χ3n) is 3.54. The SMILES string of the molecule is COc1ccc(CNC(=O)[C@@H](C)OC(=O)c2cc(C)sc2C)cc1. The maximum Gasteiger partial charge on any atom is 0.340 e. The van der Waals surface area contributed by atoms with Crippen molar-refractivity contribution in [3.8, 4) is 5.75 Å². The Morgan fingerprint density at radius 2 is 1.88 bits per heavy atom. The van der Waals surface area contributed by atoms with E-state index in [0.29, 0.717) is 12.1 Å². The molecule has 1 aromatic heterocycles. The average molecular weight is 347 g/mol. The van der Waals surface area contributed by atoms with Crippen molar-refractivity contribution < 1.29 is 19.1 Å². The van der Waals surface area contributed by atoms with Gasteiger partial charge in [0.25, 0.3) is 5.91 Å². The molecule has 0 unspecified atom stereocenters. The van der Waals surface area contributed by atoms with E-state index in [1.807, 2.05) is 38.1 Å². The molecule has 2 aromatic rings. The van der Waals surface area contributed by atoms with Gasteiger partial charge in [0.1, 0.15) is 5.75 Å². The lowest BCUT2D eigenvalue weighted by Gasteiger charge is -2.13. The van der Waals surface area contributed by atoms with E-state index in [-0.39, 0.29) is 5.91 Å². The van der Waals surface area contributed by atoms with Crippen molar-refractivity contribution in [1.82, 2.24) is 5.32 Å². The number of esters is 1. The lowest BCUT2D eigenvalue weighted by atomic mass is 10.2. The zero-order chi connectivity index (χ0) is 17.7. The van der Waals surface area contributed by atoms with Crippen LogP contribution in [0, 0.1) is 13.8 Å². The van der Waals surface area contributed by atoms with Crippen molar-refractivity contribution >= 4 is 23.2 Å². The van der Waals surface area contributed by atoms with Crippen LogP contribution in [0.25, 0.3) is 0 Å². The largest absolute Gasteiger partial charge is 0.497 e. The summed E-state index contributed by atoms with van der Waals surface area (Å²) in [5, 5.41) is 2.76. The van der Waals surface area contributed by atoms with E-state index in [0.717, 1.165) is 21.1 Å². The highest BCUT2D eigenvalue weighted by molar-refractivity contribution is 7.12. The summed E-state index contributed by atoms with van der Waals surface area (Å²) in [5.41, 5.74) is 1.46. The third kappa shape index (κ3) is 4.58. The number of hydrogen-bond donors (Lipinski definition) is 1. The number of carbonyl (C=O) groups excluding carboxylic acids is 2. The van der Waals surface area contributed by atoms with E-state index >= 15 is 0 Å². The maximum atomic E-state index is 12.1. The zero-order valence-corrected chi connectivity index (χ0v) is 15.0. The standard InChI is InChI=1S/C18H21NO4S/c1-11-9-16(13(3)24-11)18(21)23-12(2)17(20)19-10-14-5-7-15(22-4)8-6-14/h5-9,12H,10H2,1-4H3,(H,19,20)/t12-/m1/s1. The Labute approximate surface area is 145 Å². The van der Waals surface area contributed by atoms with Crippen LogP contribution in [0.4, 0.5) is 0 Å². The lowest BCUT2D eigenvalue weighted by Crippen LogP contribution is -2.35. The molecular weight excluding hydrogens is 326 g/mol. The molecule has 1 heterocycles. The van der Waals surface area contributed by atoms with E-state index < -0.39 is 12.1 Å². The van der Waals surface area contributed by atoms with Crippen molar-refractivity contribution in [2.75, 3.05) is 7.11 Å². The van der Waals surface area contributed by atoms with Gasteiger partial charge in [0.2, 0.25) is 0 Å². The molecular formula is C18H21NO4S. The van der Waals surface area contributed by atoms with Gasteiger partial charge in [-0.2, -0.15) is 0 Å². The number of aryl methyl sites for hydroxylation is 2. The van der Waals surface area contributed by atoms with Gasteiger partial charge < -0.3 is 14.8 Å². The second kappa shape index (κ2) is 7.97. The van der Waals surface area contributed by atoms with Crippen molar-refractivity contribution in [3.63, 3.8) is 0 Å². The Morgan fingerprint density at radius 3 is 2.42 bits per heavy atom. The Balaban J connectivity index is 1.87. The first-order valence-corrected chi connectivity index (χ1v) is 8.41. The third-order valence-corrected chi connectivity index (χ3v) is 4.51. The minimum atomic E-state index is -0.852. The smallest absolute Gasteiger partial charge is 0.340 e. The molecule has 24 heavy (non-hydrogen) atoms. The molecule has 0 saturated carbocycles. The van der Waals surface area contributed by atoms with Gasteiger partial charge in [0.05, 0.1) is 12.7 Å². The number of nitrogens with one attached hydrogen (secondary N) is 1. The highest BCUT2D eigenvalue weighted by Gasteiger charge is 2.20. The Hall–Kier alpha value is -2.34. The van der Waals surface area contributed by atoms with Crippen LogP contribution < -0.4 is 10.1 Å². The van der Waals surface area contributed by atoms with Crippen LogP contribution in [0.15, 0.2) is 30.3 Å². The highest BCUT2D eigenvalue weighted by Crippen LogP contribution is 2.21. The molecule has 0 radical (unpaired) electrons. The minimum Gasteiger partial charge on any atom is -0.497 e. The molecule has 0 aliphatic carbocycles. The number of thiophene rings is 1. The maximum absolute atomic E-state index is 12.1. The second-order valence-electron chi connectivity index (χ2n) is 5.44. The fourth-order valence-corrected chi connectivity index (χ4v) is 3.10. The van der Waals surface area contributed by atoms with Gasteiger partial charge in [-0.25, -0.2) is 4.79 Å². The summed E-state index contributed by atoms with van der Waals surface area (Å²) >= 11 is 1.53. The fraction of sp³-hybridized carbons (Fsp3) is 0.333. The lowest BCUT2D eigenvalue weighted by molar-refractivity contribution is -0.129. The zero-order valence-electron chi connectivity index (χ0n) is 14.2. The highest BCUT2D eigenvalue weighted by atomic mass is 32.1. The van der Waals surface area contributed by atoms with Gasteiger partial charge in [0.15, 0.2) is 6.10 Å². The van der Waals surface area contributed by atoms with Crippen LogP contribution in [0.3, 0.4) is 0 Å². The molecule has 0 fully saturated rings. The summed E-state index contributed by atoms with van der Waals surface area (Å²) < 4.78 is 10.3. The van der Waals surface area contributed by atoms with Crippen molar-refractivity contribution in [2.45, 2.75) is 33.4 Å². The van der Waals surface area contributed by atoms with Crippen LogP contribution in [0.5, 0.6) is 5.75 Å². The quantitative estimate of drug-likeness (QED) is 0.815. The first kappa shape index (κ1) is 18.0. The summed E-state index contributed by atoms with van der Waals surface area (Å²) in [7, 11) is 1.60. The Morgan fingerprint density at radius 1 is 1.21 bits per heavy atom. The minimum absolute atomic E-state index is 0.330. The topological polar surface area (TPSA) is 64.6 Å². The molecule has 0 aliphatic rings. The van der Waals surface area contributed by atoms with Crippen LogP contribution in [0.2, 0.25) is 0 Å². The van der Waals surface area contributed by atoms with Crippen LogP contribution in [-0.4, -0.2) is 25.1 Å². The first-order chi connectivity index (χ1) is 11.4. The van der Waals surface area contributed by atoms with Crippen LogP contribution in [-0.2, 0) is 16.1 Å². The number of carbonyl (C=O) groups is 2. The van der Waals surface area contributed by atoms with E-state index in [1.165, 1.54) is 11.3 Å². The number of ether oxygens (including phenoxy) is 2. The van der Waals surface area contributed by atoms with Crippen molar-refractivity contribution in [3.05, 3.63) is 51.2 Å². The van der Waals surface area contributed by atoms with Crippen LogP contribution in [0.1, 0.15) is 32.6 Å². The van der Waals surface area contributed by atoms with Gasteiger partial charge >= 0.3 is 5.97 Å². The number of hydrogen-bond acceptors (Lipinski definition) is 5. The van der Waals surface area contributed by atoms with Crippen molar-refractivity contribution in [2.24, 2.45) is 0 Å². The number of amides is 1. The summed E-state index contributed by atoms with van der Waals surface area (Å²) in [6.07, 6.45) is -0.852. The molecule has 0 spiro atoms. The summed E-state index contributed by atoms with van der Waals surface area (Å²) in [6.45, 7) is 5.72. The Kier molecular flexibility index (Phi) is 5.98. The van der Waals surface area contributed by atoms with E-state index in [2.05, 4.69) is 5.32 Å². The summed E-state index contributed by atoms with van der Waals surface area (Å²) in [6, 6.07) is 9.17. The second-order valence-corrected chi connectivity index (χ2v) is 6.90. The molecule has 5 nitrogen and oxygen atoms in total. The van der Waals surface area contributed by atoms with Gasteiger partial charge in [-0.15, -0.1) is 11.3 Å². The molecule has 2 rings (SSSR count). The summed E-state index contributed by atoms with van der Waals surface area (Å²) in [5.74, 6) is -0.0403. The van der Waals surface area contributed by atoms with E-state index in [9.17, 15) is 9.59 Å². The van der Waals surface area contributed by atoms with Crippen LogP contribution >= 0.6 is 11.3 Å². The molecule has 0 bridgehead atoms. The molecule has 1 N–H and O–H groups in total. The van der Waals surface area contributed by atoms with Gasteiger partial charge in [-0.1, -0.05) is 12.1 Å². The molecule has 1 amide bonds. The average Bonchev–Trinajstić information content (AvgIpc) is 2.91. The number of methoxy groups -OCH3 is 1. The predicted octanol–water partition coefficient (Wildman–Crippen LogP) is 3.24. The molecule has 1 atom stereocenters. The van der Waals surface area contributed by atoms with E-state index in [1.54, 1.807) is 20.1 Å². The first-order valence-electron chi connectivity index (χ1n) is 7.59. The van der Waals surface area contributed by atoms with Gasteiger partial charge in [0, 0.05) is 16.3 Å². The number of benzene rings is 1. The molecule has 1 aromatic carbocycles. The monoisotopic (exact) mass is 347 g/mol.